The van der Waals surface area contributed by atoms with E-state index >= 15 is 0 Å². The molecule has 3 rings (SSSR count). The smallest absolute Gasteiger partial charge is 0.270 e. The van der Waals surface area contributed by atoms with Crippen molar-refractivity contribution in [2.75, 3.05) is 0 Å². The summed E-state index contributed by atoms with van der Waals surface area (Å²) in [6.07, 6.45) is 0. The first kappa shape index (κ1) is 25.0. The summed E-state index contributed by atoms with van der Waals surface area (Å²) >= 11 is 0. The third-order valence-corrected chi connectivity index (χ3v) is 6.48. The van der Waals surface area contributed by atoms with Crippen LogP contribution in [0.5, 0.6) is 0 Å². The van der Waals surface area contributed by atoms with Crippen LogP contribution in [-0.4, -0.2) is 33.6 Å². The van der Waals surface area contributed by atoms with Crippen LogP contribution in [-0.2, 0) is 33.1 Å². The Kier molecular flexibility index (Phi) is 7.41. The minimum absolute atomic E-state index is 0.0197. The monoisotopic (exact) mass is 503 g/mol. The third-order valence-electron chi connectivity index (χ3n) is 4.62. The molecule has 0 saturated carbocycles. The minimum atomic E-state index is -3.80. The van der Waals surface area contributed by atoms with Crippen LogP contribution in [0, 0.1) is 0 Å². The second kappa shape index (κ2) is 10.1. The Bertz CT molecular complexity index is 1310. The number of aromatic nitrogens is 1. The lowest BCUT2D eigenvalue weighted by Gasteiger charge is -2.08. The second-order valence-electron chi connectivity index (χ2n) is 7.15. The molecule has 0 atom stereocenters. The van der Waals surface area contributed by atoms with Gasteiger partial charge < -0.3 is 10.6 Å². The molecule has 2 aromatic carbocycles. The predicted molar refractivity (Wildman–Crippen MR) is 122 cm³/mol. The fourth-order valence-corrected chi connectivity index (χ4v) is 3.86. The third kappa shape index (κ3) is 6.68. The fourth-order valence-electron chi connectivity index (χ4n) is 2.83. The van der Waals surface area contributed by atoms with Crippen LogP contribution in [0.3, 0.4) is 0 Å². The van der Waals surface area contributed by atoms with Crippen LogP contribution < -0.4 is 20.9 Å². The zero-order chi connectivity index (χ0) is 24.9. The second-order valence-corrected chi connectivity index (χ2v) is 10.3. The number of sulfonamides is 2. The lowest BCUT2D eigenvalue weighted by atomic mass is 10.2. The summed E-state index contributed by atoms with van der Waals surface area (Å²) in [5.41, 5.74) is 1.32. The molecule has 1 aromatic heterocycles. The van der Waals surface area contributed by atoms with E-state index in [-0.39, 0.29) is 34.3 Å². The van der Waals surface area contributed by atoms with E-state index in [0.29, 0.717) is 11.1 Å². The van der Waals surface area contributed by atoms with Crippen LogP contribution >= 0.6 is 0 Å². The molecule has 6 N–H and O–H groups in total. The molecule has 0 aliphatic heterocycles. The predicted octanol–water partition coefficient (Wildman–Crippen LogP) is 0.236. The van der Waals surface area contributed by atoms with Crippen molar-refractivity contribution in [1.29, 1.82) is 0 Å². The highest BCUT2D eigenvalue weighted by molar-refractivity contribution is 7.89. The Morgan fingerprint density at radius 2 is 1.00 bits per heavy atom. The maximum Gasteiger partial charge on any atom is 0.270 e. The van der Waals surface area contributed by atoms with Crippen molar-refractivity contribution in [2.45, 2.75) is 22.9 Å². The SMILES string of the molecule is NS(=O)(=O)c1ccc(CNC(=O)c2cccc(C(=O)NCc3ccc(S(N)(=O)=O)cc3)n2)cc1. The van der Waals surface area contributed by atoms with Crippen molar-refractivity contribution >= 4 is 31.9 Å². The normalized spacial score (nSPS) is 11.6. The molecule has 0 fully saturated rings. The van der Waals surface area contributed by atoms with Gasteiger partial charge in [-0.1, -0.05) is 30.3 Å². The number of hydrogen-bond donors (Lipinski definition) is 4. The van der Waals surface area contributed by atoms with Crippen molar-refractivity contribution in [1.82, 2.24) is 15.6 Å². The first-order chi connectivity index (χ1) is 15.9. The number of rotatable bonds is 8. The molecule has 13 heteroatoms. The maximum atomic E-state index is 12.4. The van der Waals surface area contributed by atoms with E-state index < -0.39 is 31.9 Å². The number of carbonyl (C=O) groups excluding carboxylic acids is 2. The minimum Gasteiger partial charge on any atom is -0.347 e. The number of pyridine rings is 1. The highest BCUT2D eigenvalue weighted by atomic mass is 32.2. The molecular weight excluding hydrogens is 482 g/mol. The number of benzene rings is 2. The average molecular weight is 504 g/mol. The molecule has 0 aliphatic rings. The van der Waals surface area contributed by atoms with Gasteiger partial charge in [0, 0.05) is 13.1 Å². The summed E-state index contributed by atoms with van der Waals surface area (Å²) in [4.78, 5) is 28.9. The molecule has 0 saturated heterocycles. The standard InChI is InChI=1S/C21H21N5O6S2/c22-33(29,30)16-8-4-14(5-9-16)12-24-20(27)18-2-1-3-19(26-18)21(28)25-13-15-6-10-17(11-7-15)34(23,31)32/h1-11H,12-13H2,(H,24,27)(H,25,28)(H2,22,29,30)(H2,23,31,32). The Morgan fingerprint density at radius 3 is 1.32 bits per heavy atom. The molecule has 2 amide bonds. The number of nitrogens with zero attached hydrogens (tertiary/aromatic N) is 1. The lowest BCUT2D eigenvalue weighted by Crippen LogP contribution is -2.27. The van der Waals surface area contributed by atoms with Gasteiger partial charge in [-0.05, 0) is 47.5 Å². The zero-order valence-corrected chi connectivity index (χ0v) is 19.3. The van der Waals surface area contributed by atoms with Gasteiger partial charge in [0.1, 0.15) is 11.4 Å². The van der Waals surface area contributed by atoms with Gasteiger partial charge in [-0.25, -0.2) is 32.1 Å². The van der Waals surface area contributed by atoms with Gasteiger partial charge in [0.15, 0.2) is 0 Å². The lowest BCUT2D eigenvalue weighted by molar-refractivity contribution is 0.0941. The zero-order valence-electron chi connectivity index (χ0n) is 17.6. The molecular formula is C21H21N5O6S2. The van der Waals surface area contributed by atoms with Crippen molar-refractivity contribution in [3.05, 3.63) is 89.2 Å². The highest BCUT2D eigenvalue weighted by Gasteiger charge is 2.13. The topological polar surface area (TPSA) is 191 Å². The molecule has 0 aliphatic carbocycles. The van der Waals surface area contributed by atoms with E-state index in [9.17, 15) is 26.4 Å². The van der Waals surface area contributed by atoms with E-state index in [1.54, 1.807) is 0 Å². The summed E-state index contributed by atoms with van der Waals surface area (Å²) in [6, 6.07) is 15.8. The quantitative estimate of drug-likeness (QED) is 0.338. The van der Waals surface area contributed by atoms with Crippen molar-refractivity contribution in [2.24, 2.45) is 10.3 Å². The number of nitrogens with two attached hydrogens (primary N) is 2. The van der Waals surface area contributed by atoms with Gasteiger partial charge >= 0.3 is 0 Å². The van der Waals surface area contributed by atoms with Gasteiger partial charge in [0.2, 0.25) is 20.0 Å². The summed E-state index contributed by atoms with van der Waals surface area (Å²) in [6.45, 7) is 0.215. The highest BCUT2D eigenvalue weighted by Crippen LogP contribution is 2.10. The van der Waals surface area contributed by atoms with Crippen LogP contribution in [0.2, 0.25) is 0 Å². The molecule has 34 heavy (non-hydrogen) atoms. The molecule has 0 spiro atoms. The molecule has 178 valence electrons. The summed E-state index contributed by atoms with van der Waals surface area (Å²) in [7, 11) is -7.60. The maximum absolute atomic E-state index is 12.4. The van der Waals surface area contributed by atoms with Crippen LogP contribution in [0.1, 0.15) is 32.1 Å². The molecule has 3 aromatic rings. The Balaban J connectivity index is 1.59. The Hall–Kier alpha value is -3.65. The summed E-state index contributed by atoms with van der Waals surface area (Å²) < 4.78 is 45.2. The number of primary sulfonamides is 2. The van der Waals surface area contributed by atoms with E-state index in [1.165, 1.54) is 66.7 Å². The van der Waals surface area contributed by atoms with Gasteiger partial charge in [-0.15, -0.1) is 0 Å². The van der Waals surface area contributed by atoms with Crippen molar-refractivity contribution < 1.29 is 26.4 Å². The Morgan fingerprint density at radius 1 is 0.647 bits per heavy atom. The summed E-state index contributed by atoms with van der Waals surface area (Å²) in [5.74, 6) is -1.05. The number of nitrogens with one attached hydrogen (secondary N) is 2. The van der Waals surface area contributed by atoms with Gasteiger partial charge in [-0.2, -0.15) is 0 Å². The van der Waals surface area contributed by atoms with Crippen molar-refractivity contribution in [3.8, 4) is 0 Å². The van der Waals surface area contributed by atoms with Gasteiger partial charge in [0.05, 0.1) is 9.79 Å². The first-order valence-corrected chi connectivity index (χ1v) is 12.8. The number of carbonyl (C=O) groups is 2. The van der Waals surface area contributed by atoms with Gasteiger partial charge in [0.25, 0.3) is 11.8 Å². The Labute approximate surface area is 196 Å². The largest absolute Gasteiger partial charge is 0.347 e. The summed E-state index contributed by atoms with van der Waals surface area (Å²) in [5, 5.41) is 15.4. The molecule has 0 bridgehead atoms. The molecule has 11 nitrogen and oxygen atoms in total. The molecule has 1 heterocycles. The molecule has 0 radical (unpaired) electrons. The van der Waals surface area contributed by atoms with Crippen LogP contribution in [0.4, 0.5) is 0 Å². The average Bonchev–Trinajstić information content (AvgIpc) is 2.80. The van der Waals surface area contributed by atoms with Crippen LogP contribution in [0.15, 0.2) is 76.5 Å². The van der Waals surface area contributed by atoms with E-state index in [2.05, 4.69) is 15.6 Å². The fraction of sp³-hybridized carbons (Fsp3) is 0.0952. The molecule has 0 unspecified atom stereocenters. The van der Waals surface area contributed by atoms with Gasteiger partial charge in [-0.3, -0.25) is 9.59 Å². The van der Waals surface area contributed by atoms with Crippen molar-refractivity contribution in [3.63, 3.8) is 0 Å². The van der Waals surface area contributed by atoms with Crippen LogP contribution in [0.25, 0.3) is 0 Å². The van der Waals surface area contributed by atoms with E-state index in [4.69, 9.17) is 10.3 Å². The number of hydrogen-bond acceptors (Lipinski definition) is 7. The van der Waals surface area contributed by atoms with E-state index in [1.807, 2.05) is 0 Å². The first-order valence-electron chi connectivity index (χ1n) is 9.70. The number of amides is 2. The van der Waals surface area contributed by atoms with E-state index in [0.717, 1.165) is 0 Å².